The molecule has 1 amide bonds. The van der Waals surface area contributed by atoms with E-state index in [4.69, 9.17) is 0 Å². The highest BCUT2D eigenvalue weighted by molar-refractivity contribution is 7.89. The van der Waals surface area contributed by atoms with E-state index in [0.29, 0.717) is 24.3 Å². The van der Waals surface area contributed by atoms with Crippen molar-refractivity contribution in [2.24, 2.45) is 0 Å². The fourth-order valence-corrected chi connectivity index (χ4v) is 3.86. The van der Waals surface area contributed by atoms with Gasteiger partial charge in [0.05, 0.1) is 4.90 Å². The minimum atomic E-state index is -3.55. The standard InChI is InChI=1S/C18H22N2O3S/c1-4-20(5-2)24(22,23)17-8-6-7-16(13-17)19-18(21)15-11-9-14(3)10-12-15/h6-13H,4-5H2,1-3H3,(H,19,21). The molecule has 2 aromatic carbocycles. The SMILES string of the molecule is CCN(CC)S(=O)(=O)c1cccc(NC(=O)c2ccc(C)cc2)c1. The van der Waals surface area contributed by atoms with E-state index in [0.717, 1.165) is 5.56 Å². The first-order valence-corrected chi connectivity index (χ1v) is 9.30. The molecule has 128 valence electrons. The van der Waals surface area contributed by atoms with Gasteiger partial charge in [0.1, 0.15) is 0 Å². The predicted octanol–water partition coefficient (Wildman–Crippen LogP) is 3.28. The first-order valence-electron chi connectivity index (χ1n) is 7.86. The number of hydrogen-bond donors (Lipinski definition) is 1. The minimum absolute atomic E-state index is 0.174. The number of carbonyl (C=O) groups excluding carboxylic acids is 1. The monoisotopic (exact) mass is 346 g/mol. The maximum Gasteiger partial charge on any atom is 0.255 e. The van der Waals surface area contributed by atoms with Crippen molar-refractivity contribution in [2.45, 2.75) is 25.7 Å². The Morgan fingerprint density at radius 3 is 2.25 bits per heavy atom. The normalized spacial score (nSPS) is 11.5. The van der Waals surface area contributed by atoms with Gasteiger partial charge in [-0.1, -0.05) is 37.6 Å². The van der Waals surface area contributed by atoms with Crippen LogP contribution in [0.1, 0.15) is 29.8 Å². The first-order chi connectivity index (χ1) is 11.4. The van der Waals surface area contributed by atoms with E-state index in [1.807, 2.05) is 19.1 Å². The zero-order valence-corrected chi connectivity index (χ0v) is 14.9. The van der Waals surface area contributed by atoms with Crippen molar-refractivity contribution in [2.75, 3.05) is 18.4 Å². The second-order valence-electron chi connectivity index (χ2n) is 5.44. The Balaban J connectivity index is 2.24. The molecule has 0 radical (unpaired) electrons. The molecule has 0 saturated heterocycles. The van der Waals surface area contributed by atoms with Gasteiger partial charge in [0, 0.05) is 24.3 Å². The number of carbonyl (C=O) groups is 1. The second-order valence-corrected chi connectivity index (χ2v) is 7.38. The molecule has 0 aliphatic carbocycles. The van der Waals surface area contributed by atoms with Crippen molar-refractivity contribution in [1.29, 1.82) is 0 Å². The minimum Gasteiger partial charge on any atom is -0.322 e. The van der Waals surface area contributed by atoms with Crippen LogP contribution < -0.4 is 5.32 Å². The summed E-state index contributed by atoms with van der Waals surface area (Å²) in [4.78, 5) is 12.4. The second kappa shape index (κ2) is 7.59. The molecule has 6 heteroatoms. The van der Waals surface area contributed by atoms with Gasteiger partial charge >= 0.3 is 0 Å². The summed E-state index contributed by atoms with van der Waals surface area (Å²) >= 11 is 0. The van der Waals surface area contributed by atoms with Crippen molar-refractivity contribution < 1.29 is 13.2 Å². The first kappa shape index (κ1) is 18.2. The fourth-order valence-electron chi connectivity index (χ4n) is 2.36. The summed E-state index contributed by atoms with van der Waals surface area (Å²) in [5.41, 5.74) is 2.05. The van der Waals surface area contributed by atoms with Crippen molar-refractivity contribution in [3.05, 3.63) is 59.7 Å². The molecule has 0 spiro atoms. The molecule has 24 heavy (non-hydrogen) atoms. The van der Waals surface area contributed by atoms with Crippen LogP contribution in [0.3, 0.4) is 0 Å². The number of benzene rings is 2. The molecule has 0 fully saturated rings. The third kappa shape index (κ3) is 4.01. The molecular formula is C18H22N2O3S. The topological polar surface area (TPSA) is 66.5 Å². The van der Waals surface area contributed by atoms with E-state index < -0.39 is 10.0 Å². The molecule has 5 nitrogen and oxygen atoms in total. The lowest BCUT2D eigenvalue weighted by Gasteiger charge is -2.18. The molecule has 0 atom stereocenters. The number of nitrogens with one attached hydrogen (secondary N) is 1. The van der Waals surface area contributed by atoms with Crippen LogP contribution in [-0.2, 0) is 10.0 Å². The van der Waals surface area contributed by atoms with Gasteiger partial charge in [0.15, 0.2) is 0 Å². The van der Waals surface area contributed by atoms with Gasteiger partial charge < -0.3 is 5.32 Å². The Bertz CT molecular complexity index is 810. The van der Waals surface area contributed by atoms with Crippen LogP contribution in [0.2, 0.25) is 0 Å². The Morgan fingerprint density at radius 2 is 1.67 bits per heavy atom. The van der Waals surface area contributed by atoms with E-state index >= 15 is 0 Å². The summed E-state index contributed by atoms with van der Waals surface area (Å²) in [7, 11) is -3.55. The highest BCUT2D eigenvalue weighted by Crippen LogP contribution is 2.20. The maximum atomic E-state index is 12.6. The van der Waals surface area contributed by atoms with Crippen LogP contribution in [0.5, 0.6) is 0 Å². The third-order valence-corrected chi connectivity index (χ3v) is 5.79. The molecule has 0 bridgehead atoms. The van der Waals surface area contributed by atoms with E-state index in [9.17, 15) is 13.2 Å². The van der Waals surface area contributed by atoms with Crippen molar-refractivity contribution in [1.82, 2.24) is 4.31 Å². The molecule has 0 aliphatic heterocycles. The highest BCUT2D eigenvalue weighted by atomic mass is 32.2. The molecule has 0 aromatic heterocycles. The number of rotatable bonds is 6. The Morgan fingerprint density at radius 1 is 1.04 bits per heavy atom. The zero-order valence-electron chi connectivity index (χ0n) is 14.1. The summed E-state index contributed by atoms with van der Waals surface area (Å²) in [5.74, 6) is -0.271. The average molecular weight is 346 g/mol. The highest BCUT2D eigenvalue weighted by Gasteiger charge is 2.21. The number of nitrogens with zero attached hydrogens (tertiary/aromatic N) is 1. The van der Waals surface area contributed by atoms with Crippen LogP contribution in [0, 0.1) is 6.92 Å². The fraction of sp³-hybridized carbons (Fsp3) is 0.278. The number of amides is 1. The number of aryl methyl sites for hydroxylation is 1. The van der Waals surface area contributed by atoms with Crippen molar-refractivity contribution >= 4 is 21.6 Å². The predicted molar refractivity (Wildman–Crippen MR) is 95.7 cm³/mol. The molecule has 2 aromatic rings. The van der Waals surface area contributed by atoms with Gasteiger partial charge in [0.25, 0.3) is 5.91 Å². The number of anilines is 1. The van der Waals surface area contributed by atoms with Crippen LogP contribution in [0.4, 0.5) is 5.69 Å². The van der Waals surface area contributed by atoms with E-state index in [1.54, 1.807) is 38.1 Å². The van der Waals surface area contributed by atoms with E-state index in [1.165, 1.54) is 16.4 Å². The summed E-state index contributed by atoms with van der Waals surface area (Å²) in [5, 5.41) is 2.74. The van der Waals surface area contributed by atoms with Gasteiger partial charge in [-0.05, 0) is 37.3 Å². The molecule has 2 rings (SSSR count). The summed E-state index contributed by atoms with van der Waals surface area (Å²) < 4.78 is 26.5. The lowest BCUT2D eigenvalue weighted by atomic mass is 10.1. The van der Waals surface area contributed by atoms with Gasteiger partial charge in [-0.15, -0.1) is 0 Å². The summed E-state index contributed by atoms with van der Waals surface area (Å²) in [6.45, 7) is 6.34. The quantitative estimate of drug-likeness (QED) is 0.873. The van der Waals surface area contributed by atoms with Crippen LogP contribution in [0.25, 0.3) is 0 Å². The largest absolute Gasteiger partial charge is 0.322 e. The molecular weight excluding hydrogens is 324 g/mol. The Kier molecular flexibility index (Phi) is 5.75. The smallest absolute Gasteiger partial charge is 0.255 e. The lowest BCUT2D eigenvalue weighted by Crippen LogP contribution is -2.30. The van der Waals surface area contributed by atoms with Gasteiger partial charge in [0.2, 0.25) is 10.0 Å². The lowest BCUT2D eigenvalue weighted by molar-refractivity contribution is 0.102. The zero-order chi connectivity index (χ0) is 17.7. The van der Waals surface area contributed by atoms with Gasteiger partial charge in [-0.2, -0.15) is 4.31 Å². The summed E-state index contributed by atoms with van der Waals surface area (Å²) in [6, 6.07) is 13.5. The van der Waals surface area contributed by atoms with Crippen LogP contribution in [0.15, 0.2) is 53.4 Å². The average Bonchev–Trinajstić information content (AvgIpc) is 2.56. The van der Waals surface area contributed by atoms with Crippen molar-refractivity contribution in [3.8, 4) is 0 Å². The van der Waals surface area contributed by atoms with E-state index in [-0.39, 0.29) is 10.8 Å². The molecule has 0 unspecified atom stereocenters. The summed E-state index contributed by atoms with van der Waals surface area (Å²) in [6.07, 6.45) is 0. The maximum absolute atomic E-state index is 12.6. The number of sulfonamides is 1. The van der Waals surface area contributed by atoms with Crippen LogP contribution >= 0.6 is 0 Å². The molecule has 0 aliphatic rings. The van der Waals surface area contributed by atoms with Gasteiger partial charge in [-0.25, -0.2) is 8.42 Å². The third-order valence-electron chi connectivity index (χ3n) is 3.75. The van der Waals surface area contributed by atoms with Gasteiger partial charge in [-0.3, -0.25) is 4.79 Å². The van der Waals surface area contributed by atoms with E-state index in [2.05, 4.69) is 5.32 Å². The molecule has 0 saturated carbocycles. The van der Waals surface area contributed by atoms with Crippen LogP contribution in [-0.4, -0.2) is 31.7 Å². The Hall–Kier alpha value is -2.18. The van der Waals surface area contributed by atoms with Crippen molar-refractivity contribution in [3.63, 3.8) is 0 Å². The Labute approximate surface area is 143 Å². The number of hydrogen-bond acceptors (Lipinski definition) is 3. The molecule has 1 N–H and O–H groups in total. The molecule has 0 heterocycles.